The number of halogens is 1. The van der Waals surface area contributed by atoms with Gasteiger partial charge in [-0.25, -0.2) is 8.42 Å². The van der Waals surface area contributed by atoms with E-state index < -0.39 is 10.0 Å². The van der Waals surface area contributed by atoms with Crippen LogP contribution in [0.3, 0.4) is 0 Å². The van der Waals surface area contributed by atoms with Gasteiger partial charge in [-0.1, -0.05) is 37.8 Å². The van der Waals surface area contributed by atoms with Gasteiger partial charge in [-0.05, 0) is 12.5 Å². The Hall–Kier alpha value is -0.690. The van der Waals surface area contributed by atoms with E-state index in [-0.39, 0.29) is 23.1 Å². The van der Waals surface area contributed by atoms with Crippen LogP contribution < -0.4 is 0 Å². The minimum Gasteiger partial charge on any atom is -0.395 e. The van der Waals surface area contributed by atoms with Crippen LogP contribution in [0.4, 0.5) is 0 Å². The Bertz CT molecular complexity index is 508. The van der Waals surface area contributed by atoms with Crippen molar-refractivity contribution in [2.45, 2.75) is 37.5 Å². The van der Waals surface area contributed by atoms with Gasteiger partial charge in [0.15, 0.2) is 0 Å². The minimum absolute atomic E-state index is 0.00870. The molecule has 0 spiro atoms. The summed E-state index contributed by atoms with van der Waals surface area (Å²) in [4.78, 5) is 3.80. The van der Waals surface area contributed by atoms with Gasteiger partial charge < -0.3 is 5.11 Å². The SMILES string of the molecule is CCCCCCN(CCO)S(=O)(=O)c1cnccc1Cl. The fraction of sp³-hybridized carbons (Fsp3) is 0.615. The molecule has 20 heavy (non-hydrogen) atoms. The average molecular weight is 321 g/mol. The predicted molar refractivity (Wildman–Crippen MR) is 79.2 cm³/mol. The lowest BCUT2D eigenvalue weighted by Crippen LogP contribution is -2.34. The molecule has 0 aliphatic rings. The van der Waals surface area contributed by atoms with Crippen molar-refractivity contribution >= 4 is 21.6 Å². The van der Waals surface area contributed by atoms with Gasteiger partial charge in [-0.2, -0.15) is 4.31 Å². The second-order valence-corrected chi connectivity index (χ2v) is 6.81. The van der Waals surface area contributed by atoms with E-state index in [1.165, 1.54) is 22.8 Å². The van der Waals surface area contributed by atoms with Crippen LogP contribution in [0.25, 0.3) is 0 Å². The summed E-state index contributed by atoms with van der Waals surface area (Å²) >= 11 is 5.93. The van der Waals surface area contributed by atoms with E-state index in [1.807, 2.05) is 0 Å². The molecule has 1 N–H and O–H groups in total. The van der Waals surface area contributed by atoms with Crippen molar-refractivity contribution in [2.75, 3.05) is 19.7 Å². The van der Waals surface area contributed by atoms with Crippen LogP contribution in [0.5, 0.6) is 0 Å². The molecule has 7 heteroatoms. The summed E-state index contributed by atoms with van der Waals surface area (Å²) in [6.45, 7) is 2.33. The molecule has 114 valence electrons. The molecule has 0 radical (unpaired) electrons. The zero-order valence-corrected chi connectivity index (χ0v) is 13.2. The van der Waals surface area contributed by atoms with Crippen LogP contribution in [0.1, 0.15) is 32.6 Å². The molecule has 5 nitrogen and oxygen atoms in total. The highest BCUT2D eigenvalue weighted by molar-refractivity contribution is 7.89. The highest BCUT2D eigenvalue weighted by Gasteiger charge is 2.26. The second kappa shape index (κ2) is 8.56. The second-order valence-electron chi connectivity index (χ2n) is 4.49. The zero-order chi connectivity index (χ0) is 15.0. The van der Waals surface area contributed by atoms with Crippen molar-refractivity contribution in [2.24, 2.45) is 0 Å². The first kappa shape index (κ1) is 17.4. The molecule has 0 saturated heterocycles. The fourth-order valence-corrected chi connectivity index (χ4v) is 3.75. The van der Waals surface area contributed by atoms with Crippen molar-refractivity contribution in [3.8, 4) is 0 Å². The largest absolute Gasteiger partial charge is 0.395 e. The maximum atomic E-state index is 12.5. The molecular weight excluding hydrogens is 300 g/mol. The third-order valence-electron chi connectivity index (χ3n) is 2.96. The zero-order valence-electron chi connectivity index (χ0n) is 11.6. The number of rotatable bonds is 9. The van der Waals surface area contributed by atoms with Gasteiger partial charge in [0, 0.05) is 25.5 Å². The van der Waals surface area contributed by atoms with E-state index in [0.29, 0.717) is 6.54 Å². The van der Waals surface area contributed by atoms with E-state index in [0.717, 1.165) is 25.7 Å². The topological polar surface area (TPSA) is 70.5 Å². The van der Waals surface area contributed by atoms with Crippen LogP contribution >= 0.6 is 11.6 Å². The first-order valence-corrected chi connectivity index (χ1v) is 8.56. The minimum atomic E-state index is -3.70. The molecular formula is C13H21ClN2O3S. The number of aliphatic hydroxyl groups excluding tert-OH is 1. The normalized spacial score (nSPS) is 12.0. The van der Waals surface area contributed by atoms with Crippen LogP contribution in [-0.2, 0) is 10.0 Å². The number of nitrogens with zero attached hydrogens (tertiary/aromatic N) is 2. The summed E-state index contributed by atoms with van der Waals surface area (Å²) in [5.41, 5.74) is 0. The summed E-state index contributed by atoms with van der Waals surface area (Å²) in [6, 6.07) is 1.45. The molecule has 0 aliphatic heterocycles. The van der Waals surface area contributed by atoms with E-state index >= 15 is 0 Å². The van der Waals surface area contributed by atoms with Crippen molar-refractivity contribution in [3.05, 3.63) is 23.5 Å². The first-order valence-electron chi connectivity index (χ1n) is 6.74. The summed E-state index contributed by atoms with van der Waals surface area (Å²) in [6.07, 6.45) is 6.58. The summed E-state index contributed by atoms with van der Waals surface area (Å²) in [7, 11) is -3.70. The molecule has 1 aromatic heterocycles. The van der Waals surface area contributed by atoms with Gasteiger partial charge in [0.2, 0.25) is 10.0 Å². The van der Waals surface area contributed by atoms with Crippen LogP contribution in [0, 0.1) is 0 Å². The molecule has 1 aromatic rings. The van der Waals surface area contributed by atoms with Crippen molar-refractivity contribution in [3.63, 3.8) is 0 Å². The van der Waals surface area contributed by atoms with Gasteiger partial charge in [0.1, 0.15) is 4.90 Å². The first-order chi connectivity index (χ1) is 9.54. The number of aromatic nitrogens is 1. The van der Waals surface area contributed by atoms with Crippen LogP contribution in [0.2, 0.25) is 5.02 Å². The van der Waals surface area contributed by atoms with Crippen LogP contribution in [-0.4, -0.2) is 42.5 Å². The van der Waals surface area contributed by atoms with Crippen LogP contribution in [0.15, 0.2) is 23.4 Å². The fourth-order valence-electron chi connectivity index (χ4n) is 1.87. The van der Waals surface area contributed by atoms with Crippen molar-refractivity contribution < 1.29 is 13.5 Å². The number of hydrogen-bond acceptors (Lipinski definition) is 4. The average Bonchev–Trinajstić information content (AvgIpc) is 2.42. The quantitative estimate of drug-likeness (QED) is 0.709. The maximum Gasteiger partial charge on any atom is 0.246 e. The van der Waals surface area contributed by atoms with Crippen molar-refractivity contribution in [1.82, 2.24) is 9.29 Å². The highest BCUT2D eigenvalue weighted by atomic mass is 35.5. The molecule has 0 aromatic carbocycles. The Morgan fingerprint density at radius 3 is 2.65 bits per heavy atom. The standard InChI is InChI=1S/C13H21ClN2O3S/c1-2-3-4-5-8-16(9-10-17)20(18,19)13-11-15-7-6-12(13)14/h6-7,11,17H,2-5,8-10H2,1H3. The Morgan fingerprint density at radius 1 is 1.30 bits per heavy atom. The Kier molecular flexibility index (Phi) is 7.43. The number of hydrogen-bond donors (Lipinski definition) is 1. The van der Waals surface area contributed by atoms with Gasteiger partial charge in [-0.3, -0.25) is 4.98 Å². The Morgan fingerprint density at radius 2 is 2.05 bits per heavy atom. The predicted octanol–water partition coefficient (Wildman–Crippen LogP) is 2.30. The van der Waals surface area contributed by atoms with Gasteiger partial charge in [-0.15, -0.1) is 0 Å². The molecule has 0 fully saturated rings. The molecule has 1 heterocycles. The third kappa shape index (κ3) is 4.70. The summed E-state index contributed by atoms with van der Waals surface area (Å²) in [5.74, 6) is 0. The lowest BCUT2D eigenvalue weighted by atomic mass is 10.2. The molecule has 1 rings (SSSR count). The lowest BCUT2D eigenvalue weighted by molar-refractivity contribution is 0.251. The van der Waals surface area contributed by atoms with E-state index in [2.05, 4.69) is 11.9 Å². The van der Waals surface area contributed by atoms with Gasteiger partial charge >= 0.3 is 0 Å². The molecule has 0 atom stereocenters. The van der Waals surface area contributed by atoms with Crippen molar-refractivity contribution in [1.29, 1.82) is 0 Å². The molecule has 0 saturated carbocycles. The van der Waals surface area contributed by atoms with E-state index in [1.54, 1.807) is 0 Å². The lowest BCUT2D eigenvalue weighted by Gasteiger charge is -2.21. The smallest absolute Gasteiger partial charge is 0.246 e. The molecule has 0 amide bonds. The summed E-state index contributed by atoms with van der Waals surface area (Å²) in [5, 5.41) is 9.21. The molecule has 0 aliphatic carbocycles. The summed E-state index contributed by atoms with van der Waals surface area (Å²) < 4.78 is 26.3. The number of aliphatic hydroxyl groups is 1. The monoisotopic (exact) mass is 320 g/mol. The Labute approximate surface area is 125 Å². The number of sulfonamides is 1. The van der Waals surface area contributed by atoms with E-state index in [9.17, 15) is 8.42 Å². The highest BCUT2D eigenvalue weighted by Crippen LogP contribution is 2.23. The maximum absolute atomic E-state index is 12.5. The van der Waals surface area contributed by atoms with Gasteiger partial charge in [0.25, 0.3) is 0 Å². The third-order valence-corrected chi connectivity index (χ3v) is 5.33. The van der Waals surface area contributed by atoms with Gasteiger partial charge in [0.05, 0.1) is 11.6 Å². The van der Waals surface area contributed by atoms with E-state index in [4.69, 9.17) is 16.7 Å². The number of pyridine rings is 1. The molecule has 0 unspecified atom stereocenters. The Balaban J connectivity index is 2.86. The molecule has 0 bridgehead atoms. The number of unbranched alkanes of at least 4 members (excludes halogenated alkanes) is 3.